The zero-order chi connectivity index (χ0) is 14.1. The summed E-state index contributed by atoms with van der Waals surface area (Å²) in [5.74, 6) is 0. The highest BCUT2D eigenvalue weighted by Crippen LogP contribution is 2.07. The quantitative estimate of drug-likeness (QED) is 0.583. The molecule has 0 atom stereocenters. The van der Waals surface area contributed by atoms with Crippen LogP contribution in [0, 0.1) is 0 Å². The van der Waals surface area contributed by atoms with Crippen LogP contribution in [0.1, 0.15) is 12.8 Å². The fraction of sp³-hybridized carbons (Fsp3) is 0.727. The van der Waals surface area contributed by atoms with E-state index in [9.17, 15) is 8.42 Å². The van der Waals surface area contributed by atoms with Gasteiger partial charge in [0.05, 0.1) is 6.20 Å². The maximum Gasteiger partial charge on any atom is 0.243 e. The molecule has 1 rings (SSSR count). The molecule has 110 valence electrons. The summed E-state index contributed by atoms with van der Waals surface area (Å²) < 4.78 is 32.9. The maximum atomic E-state index is 11.9. The van der Waals surface area contributed by atoms with Gasteiger partial charge in [-0.1, -0.05) is 0 Å². The van der Waals surface area contributed by atoms with Crippen LogP contribution in [0.2, 0.25) is 0 Å². The molecule has 19 heavy (non-hydrogen) atoms. The van der Waals surface area contributed by atoms with Gasteiger partial charge in [-0.25, -0.2) is 13.1 Å². The zero-order valence-corrected chi connectivity index (χ0v) is 12.2. The van der Waals surface area contributed by atoms with Crippen LogP contribution in [-0.4, -0.2) is 52.1 Å². The molecular weight excluding hydrogens is 268 g/mol. The molecule has 0 aromatic carbocycles. The maximum absolute atomic E-state index is 11.9. The minimum Gasteiger partial charge on any atom is -0.385 e. The molecule has 0 unspecified atom stereocenters. The molecule has 0 bridgehead atoms. The second kappa shape index (κ2) is 8.26. The minimum absolute atomic E-state index is 0.203. The van der Waals surface area contributed by atoms with E-state index in [4.69, 9.17) is 4.74 Å². The van der Waals surface area contributed by atoms with Crippen molar-refractivity contribution in [1.82, 2.24) is 19.8 Å². The van der Waals surface area contributed by atoms with Gasteiger partial charge in [0.15, 0.2) is 0 Å². The first-order valence-electron chi connectivity index (χ1n) is 6.26. The van der Waals surface area contributed by atoms with Crippen molar-refractivity contribution in [1.29, 1.82) is 0 Å². The van der Waals surface area contributed by atoms with E-state index in [-0.39, 0.29) is 4.90 Å². The van der Waals surface area contributed by atoms with Crippen LogP contribution < -0.4 is 10.0 Å². The Morgan fingerprint density at radius 3 is 2.84 bits per heavy atom. The van der Waals surface area contributed by atoms with E-state index in [1.54, 1.807) is 18.0 Å². The highest BCUT2D eigenvalue weighted by atomic mass is 32.2. The molecule has 0 aliphatic heterocycles. The number of aryl methyl sites for hydroxylation is 1. The predicted octanol–water partition coefficient (Wildman–Crippen LogP) is -0.193. The number of hydrogen-bond donors (Lipinski definition) is 2. The van der Waals surface area contributed by atoms with Gasteiger partial charge in [-0.05, 0) is 26.4 Å². The number of ether oxygens (including phenoxy) is 1. The zero-order valence-electron chi connectivity index (χ0n) is 11.4. The summed E-state index contributed by atoms with van der Waals surface area (Å²) in [7, 11) is 0.00986. The second-order valence-electron chi connectivity index (χ2n) is 4.14. The van der Waals surface area contributed by atoms with E-state index in [2.05, 4.69) is 15.1 Å². The molecule has 0 aliphatic rings. The van der Waals surface area contributed by atoms with Crippen molar-refractivity contribution in [2.45, 2.75) is 24.3 Å². The summed E-state index contributed by atoms with van der Waals surface area (Å²) in [6.45, 7) is 2.46. The van der Waals surface area contributed by atoms with Gasteiger partial charge in [-0.15, -0.1) is 0 Å². The van der Waals surface area contributed by atoms with Crippen LogP contribution in [0.15, 0.2) is 17.3 Å². The fourth-order valence-electron chi connectivity index (χ4n) is 1.53. The van der Waals surface area contributed by atoms with Gasteiger partial charge < -0.3 is 10.1 Å². The summed E-state index contributed by atoms with van der Waals surface area (Å²) >= 11 is 0. The second-order valence-corrected chi connectivity index (χ2v) is 5.91. The van der Waals surface area contributed by atoms with Crippen LogP contribution in [0.25, 0.3) is 0 Å². The Labute approximate surface area is 114 Å². The molecule has 8 heteroatoms. The highest BCUT2D eigenvalue weighted by molar-refractivity contribution is 7.89. The van der Waals surface area contributed by atoms with E-state index in [0.29, 0.717) is 26.1 Å². The molecule has 0 aliphatic carbocycles. The van der Waals surface area contributed by atoms with Crippen molar-refractivity contribution in [2.24, 2.45) is 0 Å². The Bertz CT molecular complexity index is 458. The first-order chi connectivity index (χ1) is 9.10. The molecule has 1 aromatic rings. The van der Waals surface area contributed by atoms with E-state index in [0.717, 1.165) is 13.0 Å². The lowest BCUT2D eigenvalue weighted by molar-refractivity contribution is 0.196. The van der Waals surface area contributed by atoms with E-state index >= 15 is 0 Å². The molecule has 0 saturated heterocycles. The lowest BCUT2D eigenvalue weighted by Gasteiger charge is -2.04. The molecule has 0 spiro atoms. The highest BCUT2D eigenvalue weighted by Gasteiger charge is 2.15. The van der Waals surface area contributed by atoms with Gasteiger partial charge in [-0.3, -0.25) is 4.68 Å². The number of methoxy groups -OCH3 is 1. The molecule has 1 aromatic heterocycles. The van der Waals surface area contributed by atoms with Gasteiger partial charge >= 0.3 is 0 Å². The summed E-state index contributed by atoms with van der Waals surface area (Å²) in [5, 5.41) is 7.08. The Morgan fingerprint density at radius 2 is 2.16 bits per heavy atom. The third kappa shape index (κ3) is 5.68. The summed E-state index contributed by atoms with van der Waals surface area (Å²) in [6, 6.07) is 0. The minimum atomic E-state index is -3.46. The van der Waals surface area contributed by atoms with Crippen LogP contribution in [0.3, 0.4) is 0 Å². The average molecular weight is 290 g/mol. The van der Waals surface area contributed by atoms with Crippen molar-refractivity contribution in [3.8, 4) is 0 Å². The molecule has 0 saturated carbocycles. The Hall–Kier alpha value is -0.960. The van der Waals surface area contributed by atoms with Crippen molar-refractivity contribution >= 4 is 10.0 Å². The van der Waals surface area contributed by atoms with Crippen LogP contribution >= 0.6 is 0 Å². The molecule has 0 radical (unpaired) electrons. The lowest BCUT2D eigenvalue weighted by Crippen LogP contribution is -2.25. The largest absolute Gasteiger partial charge is 0.385 e. The van der Waals surface area contributed by atoms with Gasteiger partial charge in [0.2, 0.25) is 10.0 Å². The van der Waals surface area contributed by atoms with Crippen LogP contribution in [-0.2, 0) is 21.3 Å². The van der Waals surface area contributed by atoms with E-state index < -0.39 is 10.0 Å². The van der Waals surface area contributed by atoms with Gasteiger partial charge in [0.25, 0.3) is 0 Å². The monoisotopic (exact) mass is 290 g/mol. The number of sulfonamides is 1. The predicted molar refractivity (Wildman–Crippen MR) is 72.5 cm³/mol. The molecule has 0 fully saturated rings. The van der Waals surface area contributed by atoms with Crippen molar-refractivity contribution < 1.29 is 13.2 Å². The summed E-state index contributed by atoms with van der Waals surface area (Å²) in [6.07, 6.45) is 4.47. The summed E-state index contributed by atoms with van der Waals surface area (Å²) in [4.78, 5) is 0.203. The van der Waals surface area contributed by atoms with E-state index in [1.807, 2.05) is 7.05 Å². The Morgan fingerprint density at radius 1 is 1.37 bits per heavy atom. The lowest BCUT2D eigenvalue weighted by atomic mass is 10.4. The van der Waals surface area contributed by atoms with Crippen LogP contribution in [0.4, 0.5) is 0 Å². The number of nitrogens with one attached hydrogen (secondary N) is 2. The molecule has 2 N–H and O–H groups in total. The number of nitrogens with zero attached hydrogens (tertiary/aromatic N) is 2. The SMILES string of the molecule is CNCCCn1cc(S(=O)(=O)NCCCOC)cn1. The molecule has 7 nitrogen and oxygen atoms in total. The van der Waals surface area contributed by atoms with E-state index in [1.165, 1.54) is 6.20 Å². The van der Waals surface area contributed by atoms with Gasteiger partial charge in [0, 0.05) is 33.0 Å². The molecular formula is C11H22N4O3S. The average Bonchev–Trinajstić information content (AvgIpc) is 2.85. The first-order valence-corrected chi connectivity index (χ1v) is 7.74. The number of hydrogen-bond acceptors (Lipinski definition) is 5. The number of rotatable bonds is 10. The normalized spacial score (nSPS) is 11.9. The third-order valence-electron chi connectivity index (χ3n) is 2.55. The van der Waals surface area contributed by atoms with Gasteiger partial charge in [-0.2, -0.15) is 5.10 Å². The van der Waals surface area contributed by atoms with Crippen molar-refractivity contribution in [3.63, 3.8) is 0 Å². The smallest absolute Gasteiger partial charge is 0.243 e. The molecule has 1 heterocycles. The summed E-state index contributed by atoms with van der Waals surface area (Å²) in [5.41, 5.74) is 0. The van der Waals surface area contributed by atoms with Crippen molar-refractivity contribution in [3.05, 3.63) is 12.4 Å². The first kappa shape index (κ1) is 16.1. The fourth-order valence-corrected chi connectivity index (χ4v) is 2.56. The Balaban J connectivity index is 2.49. The topological polar surface area (TPSA) is 85.2 Å². The molecule has 0 amide bonds. The van der Waals surface area contributed by atoms with Crippen molar-refractivity contribution in [2.75, 3.05) is 33.9 Å². The third-order valence-corrected chi connectivity index (χ3v) is 3.97. The number of aromatic nitrogens is 2. The van der Waals surface area contributed by atoms with Gasteiger partial charge in [0.1, 0.15) is 4.90 Å². The Kier molecular flexibility index (Phi) is 7.00. The van der Waals surface area contributed by atoms with Crippen LogP contribution in [0.5, 0.6) is 0 Å². The standard InChI is InChI=1S/C11H22N4O3S/c1-12-5-3-7-15-10-11(9-13-15)19(16,17)14-6-4-8-18-2/h9-10,12,14H,3-8H2,1-2H3.